The SMILES string of the molecule is CC(C)(C)C(=O)c1csc(C2COc3ccccc3O2)n1. The van der Waals surface area contributed by atoms with Crippen LogP contribution in [0.15, 0.2) is 29.6 Å². The molecule has 0 amide bonds. The van der Waals surface area contributed by atoms with Crippen molar-refractivity contribution in [2.45, 2.75) is 26.9 Å². The molecule has 1 atom stereocenters. The summed E-state index contributed by atoms with van der Waals surface area (Å²) in [5, 5.41) is 2.57. The third-order valence-electron chi connectivity index (χ3n) is 3.22. The Hall–Kier alpha value is -1.88. The number of benzene rings is 1. The molecule has 1 aromatic heterocycles. The van der Waals surface area contributed by atoms with Crippen LogP contribution in [-0.4, -0.2) is 17.4 Å². The van der Waals surface area contributed by atoms with Gasteiger partial charge in [0, 0.05) is 10.8 Å². The van der Waals surface area contributed by atoms with Gasteiger partial charge in [-0.2, -0.15) is 0 Å². The first kappa shape index (κ1) is 14.1. The quantitative estimate of drug-likeness (QED) is 0.790. The normalized spacial score (nSPS) is 17.6. The number of Topliss-reactive ketones (excluding diaryl/α,β-unsaturated/α-hetero) is 1. The van der Waals surface area contributed by atoms with Crippen LogP contribution in [0.1, 0.15) is 42.4 Å². The van der Waals surface area contributed by atoms with Crippen LogP contribution in [0.4, 0.5) is 0 Å². The summed E-state index contributed by atoms with van der Waals surface area (Å²) >= 11 is 1.44. The summed E-state index contributed by atoms with van der Waals surface area (Å²) in [6, 6.07) is 7.56. The van der Waals surface area contributed by atoms with Crippen LogP contribution in [0, 0.1) is 5.41 Å². The molecule has 3 rings (SSSR count). The van der Waals surface area contributed by atoms with Crippen LogP contribution in [0.25, 0.3) is 0 Å². The van der Waals surface area contributed by atoms with Gasteiger partial charge in [0.05, 0.1) is 0 Å². The average Bonchev–Trinajstić information content (AvgIpc) is 2.94. The van der Waals surface area contributed by atoms with Crippen LogP contribution in [0.3, 0.4) is 0 Å². The Kier molecular flexibility index (Phi) is 3.45. The highest BCUT2D eigenvalue weighted by Crippen LogP contribution is 2.37. The number of carbonyl (C=O) groups is 1. The van der Waals surface area contributed by atoms with Gasteiger partial charge in [-0.1, -0.05) is 32.9 Å². The maximum Gasteiger partial charge on any atom is 0.187 e. The van der Waals surface area contributed by atoms with E-state index >= 15 is 0 Å². The van der Waals surface area contributed by atoms with E-state index in [1.165, 1.54) is 11.3 Å². The zero-order valence-corrected chi connectivity index (χ0v) is 13.1. The third-order valence-corrected chi connectivity index (χ3v) is 4.16. The third kappa shape index (κ3) is 2.78. The Balaban J connectivity index is 1.81. The topological polar surface area (TPSA) is 48.4 Å². The first-order valence-electron chi connectivity index (χ1n) is 6.84. The summed E-state index contributed by atoms with van der Waals surface area (Å²) in [4.78, 5) is 16.7. The molecular weight excluding hydrogens is 286 g/mol. The van der Waals surface area contributed by atoms with Gasteiger partial charge in [0.2, 0.25) is 0 Å². The van der Waals surface area contributed by atoms with Crippen molar-refractivity contribution in [1.82, 2.24) is 4.98 Å². The lowest BCUT2D eigenvalue weighted by molar-refractivity contribution is 0.0843. The number of para-hydroxylation sites is 2. The van der Waals surface area contributed by atoms with Crippen molar-refractivity contribution in [2.75, 3.05) is 6.61 Å². The summed E-state index contributed by atoms with van der Waals surface area (Å²) in [7, 11) is 0. The summed E-state index contributed by atoms with van der Waals surface area (Å²) < 4.78 is 11.6. The maximum atomic E-state index is 12.2. The monoisotopic (exact) mass is 303 g/mol. The van der Waals surface area contributed by atoms with E-state index in [4.69, 9.17) is 9.47 Å². The molecule has 110 valence electrons. The smallest absolute Gasteiger partial charge is 0.187 e. The predicted octanol–water partition coefficient (Wildman–Crippen LogP) is 3.88. The van der Waals surface area contributed by atoms with Gasteiger partial charge in [-0.05, 0) is 12.1 Å². The van der Waals surface area contributed by atoms with Crippen LogP contribution in [0.5, 0.6) is 11.5 Å². The van der Waals surface area contributed by atoms with Gasteiger partial charge in [0.25, 0.3) is 0 Å². The lowest BCUT2D eigenvalue weighted by Crippen LogP contribution is -2.23. The number of carbonyl (C=O) groups excluding carboxylic acids is 1. The highest BCUT2D eigenvalue weighted by molar-refractivity contribution is 7.09. The summed E-state index contributed by atoms with van der Waals surface area (Å²) in [6.07, 6.45) is -0.258. The molecule has 5 heteroatoms. The number of ketones is 1. The minimum absolute atomic E-state index is 0.0436. The van der Waals surface area contributed by atoms with Crippen molar-refractivity contribution in [2.24, 2.45) is 5.41 Å². The van der Waals surface area contributed by atoms with Crippen molar-refractivity contribution in [1.29, 1.82) is 0 Å². The lowest BCUT2D eigenvalue weighted by atomic mass is 9.89. The van der Waals surface area contributed by atoms with Gasteiger partial charge in [-0.25, -0.2) is 4.98 Å². The minimum Gasteiger partial charge on any atom is -0.485 e. The van der Waals surface area contributed by atoms with Gasteiger partial charge >= 0.3 is 0 Å². The summed E-state index contributed by atoms with van der Waals surface area (Å²) in [6.45, 7) is 6.09. The fourth-order valence-corrected chi connectivity index (χ4v) is 2.88. The molecule has 1 aliphatic heterocycles. The molecule has 0 saturated heterocycles. The second-order valence-corrected chi connectivity index (χ2v) is 6.90. The summed E-state index contributed by atoms with van der Waals surface area (Å²) in [5.41, 5.74) is 0.0759. The van der Waals surface area contributed by atoms with Gasteiger partial charge in [-0.3, -0.25) is 4.79 Å². The number of hydrogen-bond acceptors (Lipinski definition) is 5. The second kappa shape index (κ2) is 5.15. The van der Waals surface area contributed by atoms with E-state index in [1.807, 2.05) is 45.0 Å². The molecule has 0 saturated carbocycles. The van der Waals surface area contributed by atoms with E-state index in [-0.39, 0.29) is 11.9 Å². The van der Waals surface area contributed by atoms with Crippen LogP contribution in [0.2, 0.25) is 0 Å². The van der Waals surface area contributed by atoms with Crippen molar-refractivity contribution in [3.63, 3.8) is 0 Å². The molecule has 21 heavy (non-hydrogen) atoms. The molecule has 1 aliphatic rings. The van der Waals surface area contributed by atoms with Gasteiger partial charge in [-0.15, -0.1) is 11.3 Å². The van der Waals surface area contributed by atoms with E-state index < -0.39 is 5.41 Å². The molecule has 0 radical (unpaired) electrons. The minimum atomic E-state index is -0.429. The Morgan fingerprint density at radius 1 is 1.29 bits per heavy atom. The number of hydrogen-bond donors (Lipinski definition) is 0. The standard InChI is InChI=1S/C16H17NO3S/c1-16(2,3)14(18)10-9-21-15(17-10)13-8-19-11-6-4-5-7-12(11)20-13/h4-7,9,13H,8H2,1-3H3. The van der Waals surface area contributed by atoms with E-state index in [0.29, 0.717) is 18.1 Å². The molecular formula is C16H17NO3S. The maximum absolute atomic E-state index is 12.2. The van der Waals surface area contributed by atoms with Crippen molar-refractivity contribution < 1.29 is 14.3 Å². The van der Waals surface area contributed by atoms with Gasteiger partial charge in [0.1, 0.15) is 17.3 Å². The molecule has 0 fully saturated rings. The fourth-order valence-electron chi connectivity index (χ4n) is 2.07. The summed E-state index contributed by atoms with van der Waals surface area (Å²) in [5.74, 6) is 1.51. The Labute approximate surface area is 127 Å². The molecule has 2 aromatic rings. The number of thiazole rings is 1. The highest BCUT2D eigenvalue weighted by Gasteiger charge is 2.29. The molecule has 4 nitrogen and oxygen atoms in total. The Bertz CT molecular complexity index is 672. The number of rotatable bonds is 2. The first-order valence-corrected chi connectivity index (χ1v) is 7.72. The molecule has 0 spiro atoms. The van der Waals surface area contributed by atoms with E-state index in [1.54, 1.807) is 5.38 Å². The Morgan fingerprint density at radius 3 is 2.71 bits per heavy atom. The van der Waals surface area contributed by atoms with Crippen LogP contribution >= 0.6 is 11.3 Å². The first-order chi connectivity index (χ1) is 9.95. The Morgan fingerprint density at radius 2 is 2.00 bits per heavy atom. The van der Waals surface area contributed by atoms with Gasteiger partial charge < -0.3 is 9.47 Å². The van der Waals surface area contributed by atoms with E-state index in [9.17, 15) is 4.79 Å². The van der Waals surface area contributed by atoms with E-state index in [2.05, 4.69) is 4.98 Å². The largest absolute Gasteiger partial charge is 0.485 e. The van der Waals surface area contributed by atoms with Crippen molar-refractivity contribution in [3.8, 4) is 11.5 Å². The number of aromatic nitrogens is 1. The van der Waals surface area contributed by atoms with E-state index in [0.717, 1.165) is 10.8 Å². The fraction of sp³-hybridized carbons (Fsp3) is 0.375. The highest BCUT2D eigenvalue weighted by atomic mass is 32.1. The molecule has 1 unspecified atom stereocenters. The zero-order chi connectivity index (χ0) is 15.0. The molecule has 0 N–H and O–H groups in total. The van der Waals surface area contributed by atoms with Crippen molar-refractivity contribution in [3.05, 3.63) is 40.3 Å². The number of fused-ring (bicyclic) bond motifs is 1. The molecule has 2 heterocycles. The second-order valence-electron chi connectivity index (χ2n) is 6.01. The van der Waals surface area contributed by atoms with Crippen LogP contribution < -0.4 is 9.47 Å². The zero-order valence-electron chi connectivity index (χ0n) is 12.3. The molecule has 1 aromatic carbocycles. The van der Waals surface area contributed by atoms with Crippen molar-refractivity contribution >= 4 is 17.1 Å². The molecule has 0 aliphatic carbocycles. The van der Waals surface area contributed by atoms with Crippen LogP contribution in [-0.2, 0) is 0 Å². The molecule has 0 bridgehead atoms. The lowest BCUT2D eigenvalue weighted by Gasteiger charge is -2.24. The van der Waals surface area contributed by atoms with Gasteiger partial charge in [0.15, 0.2) is 23.4 Å². The average molecular weight is 303 g/mol. The number of nitrogens with zero attached hydrogens (tertiary/aromatic N) is 1. The number of ether oxygens (including phenoxy) is 2. The predicted molar refractivity (Wildman–Crippen MR) is 81.2 cm³/mol.